The van der Waals surface area contributed by atoms with Crippen LogP contribution in [0.15, 0.2) is 16.7 Å². The maximum absolute atomic E-state index is 4.42. The van der Waals surface area contributed by atoms with Crippen molar-refractivity contribution in [1.82, 2.24) is 4.98 Å². The molecule has 17 heavy (non-hydrogen) atoms. The van der Waals surface area contributed by atoms with Crippen LogP contribution in [0.5, 0.6) is 0 Å². The average molecular weight is 297 g/mol. The molecule has 2 nitrogen and oxygen atoms in total. The molecule has 1 aliphatic carbocycles. The number of nitrogens with zero attached hydrogens (tertiary/aromatic N) is 1. The number of nitrogens with one attached hydrogen (secondary N) is 1. The van der Waals surface area contributed by atoms with E-state index in [1.807, 2.05) is 6.20 Å². The van der Waals surface area contributed by atoms with Crippen LogP contribution >= 0.6 is 15.9 Å². The lowest BCUT2D eigenvalue weighted by molar-refractivity contribution is 0.229. The van der Waals surface area contributed by atoms with Gasteiger partial charge in [-0.3, -0.25) is 0 Å². The molecule has 3 heteroatoms. The van der Waals surface area contributed by atoms with Gasteiger partial charge in [-0.25, -0.2) is 4.98 Å². The Morgan fingerprint density at radius 1 is 1.47 bits per heavy atom. The van der Waals surface area contributed by atoms with Gasteiger partial charge in [0.25, 0.3) is 0 Å². The molecule has 2 rings (SSSR count). The number of aromatic nitrogens is 1. The summed E-state index contributed by atoms with van der Waals surface area (Å²) >= 11 is 3.48. The lowest BCUT2D eigenvalue weighted by Gasteiger charge is -2.35. The van der Waals surface area contributed by atoms with Crippen molar-refractivity contribution < 1.29 is 0 Å². The van der Waals surface area contributed by atoms with Crippen LogP contribution in [0.1, 0.15) is 45.1 Å². The lowest BCUT2D eigenvalue weighted by Crippen LogP contribution is -2.32. The first kappa shape index (κ1) is 12.9. The Bertz CT molecular complexity index is 401. The number of pyridine rings is 1. The summed E-state index contributed by atoms with van der Waals surface area (Å²) in [5.41, 5.74) is 1.71. The lowest BCUT2D eigenvalue weighted by atomic mass is 9.75. The van der Waals surface area contributed by atoms with Gasteiger partial charge in [0.05, 0.1) is 0 Å². The summed E-state index contributed by atoms with van der Waals surface area (Å²) in [6.45, 7) is 6.82. The summed E-state index contributed by atoms with van der Waals surface area (Å²) in [5, 5.41) is 3.57. The van der Waals surface area contributed by atoms with E-state index >= 15 is 0 Å². The molecule has 1 aromatic heterocycles. The van der Waals surface area contributed by atoms with Crippen molar-refractivity contribution in [2.75, 3.05) is 5.32 Å². The fourth-order valence-electron chi connectivity index (χ4n) is 2.65. The summed E-state index contributed by atoms with van der Waals surface area (Å²) in [6, 6.07) is 2.69. The molecule has 0 bridgehead atoms. The Balaban J connectivity index is 2.03. The zero-order valence-corrected chi connectivity index (χ0v) is 12.5. The maximum atomic E-state index is 4.42. The highest BCUT2D eigenvalue weighted by Gasteiger charge is 2.27. The van der Waals surface area contributed by atoms with Crippen molar-refractivity contribution in [1.29, 1.82) is 0 Å². The molecule has 0 aromatic carbocycles. The second-order valence-electron chi connectivity index (χ2n) is 5.92. The minimum absolute atomic E-state index is 0.473. The van der Waals surface area contributed by atoms with Gasteiger partial charge in [-0.05, 0) is 59.2 Å². The van der Waals surface area contributed by atoms with Crippen molar-refractivity contribution in [2.24, 2.45) is 5.41 Å². The smallest absolute Gasteiger partial charge is 0.126 e. The molecule has 0 spiro atoms. The van der Waals surface area contributed by atoms with Crippen molar-refractivity contribution in [3.05, 3.63) is 22.3 Å². The summed E-state index contributed by atoms with van der Waals surface area (Å²) in [4.78, 5) is 4.42. The number of rotatable bonds is 2. The monoisotopic (exact) mass is 296 g/mol. The number of hydrogen-bond donors (Lipinski definition) is 1. The molecule has 1 fully saturated rings. The highest BCUT2D eigenvalue weighted by molar-refractivity contribution is 9.10. The van der Waals surface area contributed by atoms with E-state index in [-0.39, 0.29) is 0 Å². The summed E-state index contributed by atoms with van der Waals surface area (Å²) in [7, 11) is 0. The van der Waals surface area contributed by atoms with E-state index in [0.717, 1.165) is 10.3 Å². The minimum Gasteiger partial charge on any atom is -0.367 e. The van der Waals surface area contributed by atoms with Crippen LogP contribution in [-0.2, 0) is 0 Å². The van der Waals surface area contributed by atoms with Gasteiger partial charge in [-0.15, -0.1) is 0 Å². The molecule has 0 radical (unpaired) electrons. The van der Waals surface area contributed by atoms with Crippen molar-refractivity contribution >= 4 is 21.7 Å². The second-order valence-corrected chi connectivity index (χ2v) is 6.77. The molecule has 1 aromatic rings. The zero-order chi connectivity index (χ0) is 12.5. The number of anilines is 1. The Morgan fingerprint density at radius 2 is 2.24 bits per heavy atom. The predicted octanol–water partition coefficient (Wildman–Crippen LogP) is 4.53. The van der Waals surface area contributed by atoms with E-state index in [2.05, 4.69) is 53.1 Å². The molecular formula is C14H21BrN2. The largest absolute Gasteiger partial charge is 0.367 e. The van der Waals surface area contributed by atoms with Crippen molar-refractivity contribution in [3.63, 3.8) is 0 Å². The minimum atomic E-state index is 0.473. The highest BCUT2D eigenvalue weighted by atomic mass is 79.9. The van der Waals surface area contributed by atoms with Gasteiger partial charge in [0.2, 0.25) is 0 Å². The third-order valence-electron chi connectivity index (χ3n) is 3.60. The van der Waals surface area contributed by atoms with Crippen LogP contribution in [0.4, 0.5) is 5.82 Å². The summed E-state index contributed by atoms with van der Waals surface area (Å²) in [6.07, 6.45) is 7.05. The third-order valence-corrected chi connectivity index (χ3v) is 4.43. The second kappa shape index (κ2) is 4.97. The number of halogens is 1. The van der Waals surface area contributed by atoms with Gasteiger partial charge in [0, 0.05) is 16.7 Å². The third kappa shape index (κ3) is 3.44. The number of hydrogen-bond acceptors (Lipinski definition) is 2. The topological polar surface area (TPSA) is 24.9 Å². The maximum Gasteiger partial charge on any atom is 0.126 e. The van der Waals surface area contributed by atoms with Gasteiger partial charge < -0.3 is 5.32 Å². The van der Waals surface area contributed by atoms with Crippen LogP contribution in [0.2, 0.25) is 0 Å². The zero-order valence-electron chi connectivity index (χ0n) is 10.9. The first-order chi connectivity index (χ1) is 7.96. The Morgan fingerprint density at radius 3 is 2.88 bits per heavy atom. The fourth-order valence-corrected chi connectivity index (χ4v) is 2.87. The highest BCUT2D eigenvalue weighted by Crippen LogP contribution is 2.36. The molecule has 1 atom stereocenters. The van der Waals surface area contributed by atoms with Gasteiger partial charge in [0.15, 0.2) is 0 Å². The van der Waals surface area contributed by atoms with E-state index in [1.54, 1.807) is 0 Å². The SMILES string of the molecule is Cc1cc(NC2CCCC(C)(C)C2)ncc1Br. The molecule has 1 N–H and O–H groups in total. The van der Waals surface area contributed by atoms with Crippen LogP contribution in [0.25, 0.3) is 0 Å². The summed E-state index contributed by atoms with van der Waals surface area (Å²) in [5.74, 6) is 1.01. The Hall–Kier alpha value is -0.570. The van der Waals surface area contributed by atoms with Crippen molar-refractivity contribution in [3.8, 4) is 0 Å². The van der Waals surface area contributed by atoms with Gasteiger partial charge in [-0.1, -0.05) is 20.3 Å². The van der Waals surface area contributed by atoms with E-state index in [1.165, 1.54) is 31.2 Å². The molecule has 0 aliphatic heterocycles. The molecule has 0 saturated heterocycles. The van der Waals surface area contributed by atoms with Gasteiger partial charge in [-0.2, -0.15) is 0 Å². The van der Waals surface area contributed by atoms with Gasteiger partial charge in [0.1, 0.15) is 5.82 Å². The standard InChI is InChI=1S/C14H21BrN2/c1-10-7-13(16-9-12(10)15)17-11-5-4-6-14(2,3)8-11/h7,9,11H,4-6,8H2,1-3H3,(H,16,17). The van der Waals surface area contributed by atoms with E-state index < -0.39 is 0 Å². The molecule has 0 amide bonds. The molecule has 1 unspecified atom stereocenters. The summed E-state index contributed by atoms with van der Waals surface area (Å²) < 4.78 is 1.08. The normalized spacial score (nSPS) is 23.4. The first-order valence-electron chi connectivity index (χ1n) is 6.35. The van der Waals surface area contributed by atoms with E-state index in [4.69, 9.17) is 0 Å². The van der Waals surface area contributed by atoms with Crippen LogP contribution in [0, 0.1) is 12.3 Å². The van der Waals surface area contributed by atoms with Gasteiger partial charge >= 0.3 is 0 Å². The quantitative estimate of drug-likeness (QED) is 0.867. The molecule has 1 heterocycles. The molecule has 1 saturated carbocycles. The first-order valence-corrected chi connectivity index (χ1v) is 7.14. The fraction of sp³-hybridized carbons (Fsp3) is 0.643. The molecule has 1 aliphatic rings. The Kier molecular flexibility index (Phi) is 3.76. The van der Waals surface area contributed by atoms with Crippen molar-refractivity contribution in [2.45, 2.75) is 52.5 Å². The molecular weight excluding hydrogens is 276 g/mol. The molecule has 94 valence electrons. The van der Waals surface area contributed by atoms with E-state index in [9.17, 15) is 0 Å². The average Bonchev–Trinajstić information content (AvgIpc) is 2.22. The Labute approximate surface area is 112 Å². The van der Waals surface area contributed by atoms with E-state index in [0.29, 0.717) is 11.5 Å². The predicted molar refractivity (Wildman–Crippen MR) is 76.3 cm³/mol. The van der Waals surface area contributed by atoms with Crippen LogP contribution in [-0.4, -0.2) is 11.0 Å². The number of aryl methyl sites for hydroxylation is 1. The van der Waals surface area contributed by atoms with Crippen LogP contribution < -0.4 is 5.32 Å². The van der Waals surface area contributed by atoms with Crippen LogP contribution in [0.3, 0.4) is 0 Å².